The maximum atomic E-state index is 12.9. The van der Waals surface area contributed by atoms with Crippen molar-refractivity contribution < 1.29 is 18.7 Å². The van der Waals surface area contributed by atoms with Gasteiger partial charge in [0.15, 0.2) is 11.5 Å². The molecule has 0 aliphatic rings. The third-order valence-corrected chi connectivity index (χ3v) is 3.35. The first-order valence-corrected chi connectivity index (χ1v) is 8.15. The molecule has 0 saturated carbocycles. The number of carbonyl (C=O) groups is 1. The maximum Gasteiger partial charge on any atom is 0.266 e. The summed E-state index contributed by atoms with van der Waals surface area (Å²) in [5.41, 5.74) is 0.947. The van der Waals surface area contributed by atoms with Crippen molar-refractivity contribution in [1.82, 2.24) is 0 Å². The van der Waals surface area contributed by atoms with Crippen molar-refractivity contribution in [3.8, 4) is 17.6 Å². The highest BCUT2D eigenvalue weighted by Crippen LogP contribution is 2.29. The molecule has 2 aromatic rings. The minimum atomic E-state index is -0.578. The molecular formula is C20H19FN2O3. The molecule has 0 aliphatic heterocycles. The van der Waals surface area contributed by atoms with Crippen LogP contribution in [-0.2, 0) is 4.79 Å². The van der Waals surface area contributed by atoms with E-state index in [1.165, 1.54) is 30.3 Å². The lowest BCUT2D eigenvalue weighted by atomic mass is 10.1. The molecule has 0 saturated heterocycles. The molecule has 0 bridgehead atoms. The Labute approximate surface area is 151 Å². The molecule has 0 aromatic heterocycles. The Balaban J connectivity index is 2.24. The number of rotatable bonds is 7. The van der Waals surface area contributed by atoms with Crippen molar-refractivity contribution in [3.05, 3.63) is 59.4 Å². The predicted octanol–water partition coefficient (Wildman–Crippen LogP) is 4.17. The number of nitriles is 1. The minimum absolute atomic E-state index is 0.0825. The van der Waals surface area contributed by atoms with E-state index < -0.39 is 11.7 Å². The smallest absolute Gasteiger partial charge is 0.266 e. The number of nitrogens with zero attached hydrogens (tertiary/aromatic N) is 1. The van der Waals surface area contributed by atoms with Crippen LogP contribution in [0.1, 0.15) is 19.4 Å². The zero-order valence-corrected chi connectivity index (χ0v) is 14.6. The number of amides is 1. The molecule has 6 heteroatoms. The summed E-state index contributed by atoms with van der Waals surface area (Å²) in [6.07, 6.45) is 1.46. The van der Waals surface area contributed by atoms with Crippen LogP contribution in [0.15, 0.2) is 48.0 Å². The first kappa shape index (κ1) is 19.0. The van der Waals surface area contributed by atoms with E-state index in [0.717, 1.165) is 0 Å². The number of ether oxygens (including phenoxy) is 2. The molecule has 5 nitrogen and oxygen atoms in total. The van der Waals surface area contributed by atoms with Gasteiger partial charge in [0.05, 0.1) is 13.2 Å². The number of hydrogen-bond donors (Lipinski definition) is 1. The predicted molar refractivity (Wildman–Crippen MR) is 97.4 cm³/mol. The van der Waals surface area contributed by atoms with Gasteiger partial charge in [-0.25, -0.2) is 4.39 Å². The number of anilines is 1. The van der Waals surface area contributed by atoms with Crippen LogP contribution in [0.25, 0.3) is 6.08 Å². The summed E-state index contributed by atoms with van der Waals surface area (Å²) < 4.78 is 24.0. The molecule has 0 heterocycles. The largest absolute Gasteiger partial charge is 0.490 e. The van der Waals surface area contributed by atoms with Gasteiger partial charge in [-0.05, 0) is 61.9 Å². The lowest BCUT2D eigenvalue weighted by molar-refractivity contribution is -0.112. The summed E-state index contributed by atoms with van der Waals surface area (Å²) in [6, 6.07) is 12.3. The van der Waals surface area contributed by atoms with E-state index in [4.69, 9.17) is 9.47 Å². The highest BCUT2D eigenvalue weighted by atomic mass is 19.1. The molecular weight excluding hydrogens is 335 g/mol. The van der Waals surface area contributed by atoms with E-state index in [-0.39, 0.29) is 5.57 Å². The fourth-order valence-corrected chi connectivity index (χ4v) is 2.20. The third-order valence-electron chi connectivity index (χ3n) is 3.35. The van der Waals surface area contributed by atoms with Crippen molar-refractivity contribution in [2.45, 2.75) is 13.8 Å². The molecule has 0 unspecified atom stereocenters. The van der Waals surface area contributed by atoms with Crippen molar-refractivity contribution >= 4 is 17.7 Å². The lowest BCUT2D eigenvalue weighted by Crippen LogP contribution is -2.13. The number of hydrogen-bond acceptors (Lipinski definition) is 4. The molecule has 0 spiro atoms. The zero-order valence-electron chi connectivity index (χ0n) is 14.6. The Morgan fingerprint density at radius 1 is 1.12 bits per heavy atom. The highest BCUT2D eigenvalue weighted by molar-refractivity contribution is 6.09. The van der Waals surface area contributed by atoms with Crippen LogP contribution in [0.3, 0.4) is 0 Å². The van der Waals surface area contributed by atoms with Crippen molar-refractivity contribution in [3.63, 3.8) is 0 Å². The standard InChI is InChI=1S/C20H19FN2O3/c1-3-25-18-10-5-14(12-19(18)26-4-2)11-15(13-22)20(24)23-17-8-6-16(21)7-9-17/h5-12H,3-4H2,1-2H3,(H,23,24)/b15-11-. The minimum Gasteiger partial charge on any atom is -0.490 e. The van der Waals surface area contributed by atoms with Gasteiger partial charge in [0.2, 0.25) is 0 Å². The van der Waals surface area contributed by atoms with Crippen LogP contribution >= 0.6 is 0 Å². The number of halogens is 1. The van der Waals surface area contributed by atoms with E-state index in [0.29, 0.717) is 36.0 Å². The molecule has 134 valence electrons. The van der Waals surface area contributed by atoms with Crippen LogP contribution in [0.4, 0.5) is 10.1 Å². The van der Waals surface area contributed by atoms with E-state index in [9.17, 15) is 14.4 Å². The zero-order chi connectivity index (χ0) is 18.9. The summed E-state index contributed by atoms with van der Waals surface area (Å²) in [5, 5.41) is 11.9. The second-order valence-electron chi connectivity index (χ2n) is 5.20. The van der Waals surface area contributed by atoms with Gasteiger partial charge < -0.3 is 14.8 Å². The molecule has 1 N–H and O–H groups in total. The van der Waals surface area contributed by atoms with Gasteiger partial charge >= 0.3 is 0 Å². The third kappa shape index (κ3) is 5.08. The fourth-order valence-electron chi connectivity index (χ4n) is 2.20. The normalized spacial score (nSPS) is 10.8. The fraction of sp³-hybridized carbons (Fsp3) is 0.200. The molecule has 0 atom stereocenters. The summed E-state index contributed by atoms with van der Waals surface area (Å²) in [6.45, 7) is 4.69. The monoisotopic (exact) mass is 354 g/mol. The van der Waals surface area contributed by atoms with Crippen molar-refractivity contribution in [1.29, 1.82) is 5.26 Å². The van der Waals surface area contributed by atoms with Crippen molar-refractivity contribution in [2.75, 3.05) is 18.5 Å². The van der Waals surface area contributed by atoms with Gasteiger partial charge in [0.1, 0.15) is 17.5 Å². The molecule has 26 heavy (non-hydrogen) atoms. The Kier molecular flexibility index (Phi) is 6.75. The number of nitrogens with one attached hydrogen (secondary N) is 1. The van der Waals surface area contributed by atoms with Gasteiger partial charge in [-0.15, -0.1) is 0 Å². The van der Waals surface area contributed by atoms with E-state index in [1.54, 1.807) is 18.2 Å². The first-order valence-electron chi connectivity index (χ1n) is 8.15. The topological polar surface area (TPSA) is 71.3 Å². The average molecular weight is 354 g/mol. The van der Waals surface area contributed by atoms with Gasteiger partial charge in [-0.1, -0.05) is 6.07 Å². The molecule has 0 fully saturated rings. The summed E-state index contributed by atoms with van der Waals surface area (Å²) in [7, 11) is 0. The second-order valence-corrected chi connectivity index (χ2v) is 5.20. The summed E-state index contributed by atoms with van der Waals surface area (Å²) in [5.74, 6) is 0.156. The lowest BCUT2D eigenvalue weighted by Gasteiger charge is -2.11. The number of carbonyl (C=O) groups excluding carboxylic acids is 1. The average Bonchev–Trinajstić information content (AvgIpc) is 2.64. The highest BCUT2D eigenvalue weighted by Gasteiger charge is 2.11. The Hall–Kier alpha value is -3.33. The van der Waals surface area contributed by atoms with E-state index >= 15 is 0 Å². The molecule has 0 radical (unpaired) electrons. The van der Waals surface area contributed by atoms with Crippen molar-refractivity contribution in [2.24, 2.45) is 0 Å². The van der Waals surface area contributed by atoms with Crippen LogP contribution in [0, 0.1) is 17.1 Å². The molecule has 1 amide bonds. The Morgan fingerprint density at radius 2 is 1.77 bits per heavy atom. The summed E-state index contributed by atoms with van der Waals surface area (Å²) >= 11 is 0. The van der Waals surface area contributed by atoms with E-state index in [1.807, 2.05) is 19.9 Å². The second kappa shape index (κ2) is 9.23. The van der Waals surface area contributed by atoms with E-state index in [2.05, 4.69) is 5.32 Å². The van der Waals surface area contributed by atoms with Gasteiger partial charge in [0.25, 0.3) is 5.91 Å². The number of benzene rings is 2. The molecule has 2 rings (SSSR count). The van der Waals surface area contributed by atoms with Crippen LogP contribution < -0.4 is 14.8 Å². The maximum absolute atomic E-state index is 12.9. The van der Waals surface area contributed by atoms with Crippen LogP contribution in [-0.4, -0.2) is 19.1 Å². The summed E-state index contributed by atoms with van der Waals surface area (Å²) in [4.78, 5) is 12.3. The van der Waals surface area contributed by atoms with Crippen LogP contribution in [0.2, 0.25) is 0 Å². The van der Waals surface area contributed by atoms with Gasteiger partial charge in [0, 0.05) is 5.69 Å². The van der Waals surface area contributed by atoms with Gasteiger partial charge in [-0.2, -0.15) is 5.26 Å². The SMILES string of the molecule is CCOc1ccc(/C=C(/C#N)C(=O)Nc2ccc(F)cc2)cc1OCC. The quantitative estimate of drug-likeness (QED) is 0.598. The van der Waals surface area contributed by atoms with Gasteiger partial charge in [-0.3, -0.25) is 4.79 Å². The molecule has 2 aromatic carbocycles. The Bertz CT molecular complexity index is 839. The molecule has 0 aliphatic carbocycles. The van der Waals surface area contributed by atoms with Crippen LogP contribution in [0.5, 0.6) is 11.5 Å². The first-order chi connectivity index (χ1) is 12.6. The Morgan fingerprint density at radius 3 is 2.38 bits per heavy atom.